The minimum Gasteiger partial charge on any atom is -0.467 e. The molecule has 26 heavy (non-hydrogen) atoms. The van der Waals surface area contributed by atoms with Crippen molar-refractivity contribution in [2.75, 3.05) is 0 Å². The van der Waals surface area contributed by atoms with Crippen LogP contribution < -0.4 is 16.2 Å². The van der Waals surface area contributed by atoms with Crippen molar-refractivity contribution < 1.29 is 9.21 Å². The number of benzene rings is 1. The summed E-state index contributed by atoms with van der Waals surface area (Å²) in [5.41, 5.74) is 6.34. The van der Waals surface area contributed by atoms with E-state index in [2.05, 4.69) is 21.3 Å². The van der Waals surface area contributed by atoms with E-state index in [0.29, 0.717) is 17.4 Å². The molecule has 3 N–H and O–H groups in total. The van der Waals surface area contributed by atoms with Crippen LogP contribution >= 0.6 is 12.2 Å². The van der Waals surface area contributed by atoms with E-state index in [4.69, 9.17) is 16.6 Å². The zero-order valence-corrected chi connectivity index (χ0v) is 15.4. The molecule has 0 bridgehead atoms. The number of aryl methyl sites for hydroxylation is 2. The molecule has 0 saturated carbocycles. The van der Waals surface area contributed by atoms with Gasteiger partial charge in [0.2, 0.25) is 0 Å². The van der Waals surface area contributed by atoms with Crippen LogP contribution in [0.1, 0.15) is 21.9 Å². The van der Waals surface area contributed by atoms with Gasteiger partial charge in [0, 0.05) is 7.05 Å². The summed E-state index contributed by atoms with van der Waals surface area (Å²) in [4.78, 5) is 11.9. The molecule has 0 radical (unpaired) electrons. The van der Waals surface area contributed by atoms with Crippen molar-refractivity contribution in [1.82, 2.24) is 25.9 Å². The van der Waals surface area contributed by atoms with Crippen molar-refractivity contribution in [2.24, 2.45) is 7.05 Å². The van der Waals surface area contributed by atoms with E-state index in [0.717, 1.165) is 11.5 Å². The lowest BCUT2D eigenvalue weighted by Crippen LogP contribution is -2.46. The summed E-state index contributed by atoms with van der Waals surface area (Å²) in [5.74, 6) is 0.443. The highest BCUT2D eigenvalue weighted by Gasteiger charge is 2.11. The molecule has 0 saturated heterocycles. The maximum Gasteiger partial charge on any atom is 0.287 e. The van der Waals surface area contributed by atoms with Crippen LogP contribution in [0.25, 0.3) is 0 Å². The summed E-state index contributed by atoms with van der Waals surface area (Å²) in [7, 11) is 1.70. The first-order chi connectivity index (χ1) is 12.6. The first-order valence-corrected chi connectivity index (χ1v) is 8.34. The molecule has 2 aromatic heterocycles. The molecule has 7 nitrogen and oxygen atoms in total. The fourth-order valence-electron chi connectivity index (χ4n) is 2.01. The highest BCUT2D eigenvalue weighted by Crippen LogP contribution is 2.01. The molecular formula is C18H21N5O2S. The van der Waals surface area contributed by atoms with Crippen LogP contribution in [0.2, 0.25) is 0 Å². The van der Waals surface area contributed by atoms with Gasteiger partial charge >= 0.3 is 0 Å². The van der Waals surface area contributed by atoms with Crippen molar-refractivity contribution >= 4 is 23.2 Å². The number of furan rings is 1. The van der Waals surface area contributed by atoms with E-state index < -0.39 is 0 Å². The van der Waals surface area contributed by atoms with Gasteiger partial charge in [0.25, 0.3) is 5.91 Å². The lowest BCUT2D eigenvalue weighted by atomic mass is 10.3. The summed E-state index contributed by atoms with van der Waals surface area (Å²) < 4.78 is 6.65. The Bertz CT molecular complexity index is 789. The minimum atomic E-state index is -0.310. The molecule has 0 aliphatic rings. The van der Waals surface area contributed by atoms with Crippen LogP contribution in [0.5, 0.6) is 0 Å². The highest BCUT2D eigenvalue weighted by atomic mass is 32.1. The lowest BCUT2D eigenvalue weighted by molar-refractivity contribution is 0.0934. The van der Waals surface area contributed by atoms with Gasteiger partial charge in [0.15, 0.2) is 5.11 Å². The molecule has 1 aromatic carbocycles. The molecule has 0 spiro atoms. The number of hydrogen-bond acceptors (Lipinski definition) is 4. The zero-order valence-electron chi connectivity index (χ0n) is 14.6. The third-order valence-corrected chi connectivity index (χ3v) is 3.44. The Hall–Kier alpha value is -3.13. The number of amides is 1. The molecule has 3 rings (SSSR count). The number of nitrogens with one attached hydrogen (secondary N) is 3. The summed E-state index contributed by atoms with van der Waals surface area (Å²) in [6, 6.07) is 17.3. The number of aromatic nitrogens is 2. The fraction of sp³-hybridized carbons (Fsp3) is 0.167. The van der Waals surface area contributed by atoms with Crippen molar-refractivity contribution in [1.29, 1.82) is 0 Å². The molecule has 3 aromatic rings. The predicted molar refractivity (Wildman–Crippen MR) is 103 cm³/mol. The monoisotopic (exact) mass is 371 g/mol. The van der Waals surface area contributed by atoms with E-state index in [9.17, 15) is 4.79 Å². The van der Waals surface area contributed by atoms with E-state index in [1.165, 1.54) is 4.68 Å². The molecule has 0 atom stereocenters. The molecule has 2 heterocycles. The largest absolute Gasteiger partial charge is 0.467 e. The van der Waals surface area contributed by atoms with Crippen LogP contribution in [0, 0.1) is 6.92 Å². The topological polar surface area (TPSA) is 84.1 Å². The molecule has 8 heteroatoms. The lowest BCUT2D eigenvalue weighted by Gasteiger charge is -2.10. The van der Waals surface area contributed by atoms with Crippen LogP contribution in [0.15, 0.2) is 65.3 Å². The zero-order chi connectivity index (χ0) is 18.8. The third-order valence-electron chi connectivity index (χ3n) is 3.19. The van der Waals surface area contributed by atoms with Crippen molar-refractivity contribution in [3.05, 3.63) is 78.0 Å². The van der Waals surface area contributed by atoms with E-state index in [-0.39, 0.29) is 5.91 Å². The Kier molecular flexibility index (Phi) is 7.38. The highest BCUT2D eigenvalue weighted by molar-refractivity contribution is 7.80. The van der Waals surface area contributed by atoms with Gasteiger partial charge in [-0.05, 0) is 37.3 Å². The standard InChI is InChI=1S/C12H15N5O2S.C6H6/c1-8-6-10(17(2)16-8)11(18)14-15-12(20)13-7-9-4-3-5-19-9;1-2-4-6-5-3-1/h3-6H,7H2,1-2H3,(H,14,18)(H2,13,15,20);1-6H. The average Bonchev–Trinajstić information content (AvgIpc) is 3.29. The van der Waals surface area contributed by atoms with E-state index in [1.807, 2.05) is 49.4 Å². The number of nitrogens with zero attached hydrogens (tertiary/aromatic N) is 2. The maximum atomic E-state index is 11.9. The van der Waals surface area contributed by atoms with Crippen LogP contribution in [0.3, 0.4) is 0 Å². The van der Waals surface area contributed by atoms with E-state index in [1.54, 1.807) is 25.4 Å². The summed E-state index contributed by atoms with van der Waals surface area (Å²) >= 11 is 5.03. The van der Waals surface area contributed by atoms with Gasteiger partial charge in [-0.3, -0.25) is 20.3 Å². The smallest absolute Gasteiger partial charge is 0.287 e. The van der Waals surface area contributed by atoms with Gasteiger partial charge in [-0.1, -0.05) is 36.4 Å². The number of rotatable bonds is 3. The number of thiocarbonyl (C=S) groups is 1. The van der Waals surface area contributed by atoms with Crippen molar-refractivity contribution in [2.45, 2.75) is 13.5 Å². The number of carbonyl (C=O) groups is 1. The quantitative estimate of drug-likeness (QED) is 0.484. The van der Waals surface area contributed by atoms with Crippen LogP contribution in [0.4, 0.5) is 0 Å². The van der Waals surface area contributed by atoms with Crippen LogP contribution in [-0.4, -0.2) is 20.8 Å². The SMILES string of the molecule is Cc1cc(C(=O)NNC(=S)NCc2ccco2)n(C)n1.c1ccccc1. The Labute approximate surface area is 157 Å². The van der Waals surface area contributed by atoms with Gasteiger partial charge in [0.05, 0.1) is 18.5 Å². The second kappa shape index (κ2) is 10.00. The molecule has 0 aliphatic heterocycles. The summed E-state index contributed by atoms with van der Waals surface area (Å²) in [6.07, 6.45) is 1.58. The van der Waals surface area contributed by atoms with Crippen molar-refractivity contribution in [3.8, 4) is 0 Å². The first-order valence-electron chi connectivity index (χ1n) is 7.93. The average molecular weight is 371 g/mol. The van der Waals surface area contributed by atoms with Gasteiger partial charge in [-0.15, -0.1) is 0 Å². The molecule has 136 valence electrons. The number of hydrazine groups is 1. The van der Waals surface area contributed by atoms with Gasteiger partial charge in [-0.25, -0.2) is 0 Å². The second-order valence-corrected chi connectivity index (χ2v) is 5.70. The Balaban J connectivity index is 0.000000342. The minimum absolute atomic E-state index is 0.300. The van der Waals surface area contributed by atoms with Gasteiger partial charge in [-0.2, -0.15) is 5.10 Å². The number of hydrogen-bond donors (Lipinski definition) is 3. The Morgan fingerprint density at radius 2 is 1.81 bits per heavy atom. The second-order valence-electron chi connectivity index (χ2n) is 5.29. The normalized spacial score (nSPS) is 9.62. The molecule has 1 amide bonds. The maximum absolute atomic E-state index is 11.9. The third kappa shape index (κ3) is 6.40. The fourth-order valence-corrected chi connectivity index (χ4v) is 2.13. The van der Waals surface area contributed by atoms with Crippen molar-refractivity contribution in [3.63, 3.8) is 0 Å². The first kappa shape index (κ1) is 19.2. The van der Waals surface area contributed by atoms with Gasteiger partial charge in [0.1, 0.15) is 11.5 Å². The summed E-state index contributed by atoms with van der Waals surface area (Å²) in [5, 5.41) is 7.30. The van der Waals surface area contributed by atoms with E-state index >= 15 is 0 Å². The predicted octanol–water partition coefficient (Wildman–Crippen LogP) is 2.32. The Morgan fingerprint density at radius 1 is 1.15 bits per heavy atom. The molecule has 0 aliphatic carbocycles. The van der Waals surface area contributed by atoms with Gasteiger partial charge < -0.3 is 9.73 Å². The summed E-state index contributed by atoms with van der Waals surface area (Å²) in [6.45, 7) is 2.26. The van der Waals surface area contributed by atoms with Crippen LogP contribution in [-0.2, 0) is 13.6 Å². The number of carbonyl (C=O) groups excluding carboxylic acids is 1. The molecule has 0 fully saturated rings. The molecular weight excluding hydrogens is 350 g/mol. The molecule has 0 unspecified atom stereocenters. The Morgan fingerprint density at radius 3 is 2.31 bits per heavy atom.